The number of anilines is 1. The summed E-state index contributed by atoms with van der Waals surface area (Å²) in [5, 5.41) is 12.1. The summed E-state index contributed by atoms with van der Waals surface area (Å²) < 4.78 is 7.49. The normalized spacial score (nSPS) is 16.8. The summed E-state index contributed by atoms with van der Waals surface area (Å²) in [6.45, 7) is 6.60. The second-order valence-corrected chi connectivity index (χ2v) is 9.63. The zero-order valence-electron chi connectivity index (χ0n) is 19.9. The number of carbonyl (C=O) groups excluding carboxylic acids is 1. The minimum absolute atomic E-state index is 0.0955. The minimum atomic E-state index is -0.464. The molecule has 2 N–H and O–H groups in total. The topological polar surface area (TPSA) is 81.1 Å². The fourth-order valence-electron chi connectivity index (χ4n) is 4.28. The van der Waals surface area contributed by atoms with Crippen LogP contribution < -0.4 is 15.5 Å². The Hall–Kier alpha value is -3.78. The third kappa shape index (κ3) is 4.88. The lowest BCUT2D eigenvalue weighted by Crippen LogP contribution is -2.41. The summed E-state index contributed by atoms with van der Waals surface area (Å²) in [6, 6.07) is 23.5. The molecule has 1 aliphatic rings. The Balaban J connectivity index is 1.50. The molecule has 4 aromatic rings. The van der Waals surface area contributed by atoms with Crippen LogP contribution in [-0.4, -0.2) is 32.6 Å². The molecule has 0 bridgehead atoms. The SMILES string of the molecule is CCOc1ccc([C@@H]2Nn3c(nnc3-c3ccccc3)S[C@H]2C(=O)Nc2cc(C)cc(C)c2)cc1. The van der Waals surface area contributed by atoms with Crippen LogP contribution in [0.3, 0.4) is 0 Å². The number of fused-ring (bicyclic) bond motifs is 1. The Morgan fingerprint density at radius 1 is 1.03 bits per heavy atom. The molecule has 5 rings (SSSR count). The third-order valence-electron chi connectivity index (χ3n) is 5.77. The van der Waals surface area contributed by atoms with Crippen LogP contribution in [-0.2, 0) is 4.79 Å². The second-order valence-electron chi connectivity index (χ2n) is 8.52. The molecule has 2 atom stereocenters. The maximum Gasteiger partial charge on any atom is 0.240 e. The van der Waals surface area contributed by atoms with Crippen molar-refractivity contribution < 1.29 is 9.53 Å². The highest BCUT2D eigenvalue weighted by Gasteiger charge is 2.38. The molecule has 1 amide bonds. The van der Waals surface area contributed by atoms with Gasteiger partial charge in [-0.25, -0.2) is 4.68 Å². The molecule has 1 aliphatic heterocycles. The summed E-state index contributed by atoms with van der Waals surface area (Å²) in [5.74, 6) is 1.41. The fraction of sp³-hybridized carbons (Fsp3) is 0.222. The van der Waals surface area contributed by atoms with Crippen LogP contribution in [0.2, 0.25) is 0 Å². The Bertz CT molecular complexity index is 1320. The minimum Gasteiger partial charge on any atom is -0.494 e. The number of hydrogen-bond donors (Lipinski definition) is 2. The van der Waals surface area contributed by atoms with Gasteiger partial charge in [0.2, 0.25) is 11.1 Å². The van der Waals surface area contributed by atoms with Crippen molar-refractivity contribution in [3.63, 3.8) is 0 Å². The predicted octanol–water partition coefficient (Wildman–Crippen LogP) is 5.36. The number of ether oxygens (including phenoxy) is 1. The molecule has 0 saturated heterocycles. The van der Waals surface area contributed by atoms with E-state index in [1.165, 1.54) is 11.8 Å². The molecule has 0 spiro atoms. The van der Waals surface area contributed by atoms with E-state index in [0.29, 0.717) is 17.6 Å². The maximum atomic E-state index is 13.6. The van der Waals surface area contributed by atoms with Crippen molar-refractivity contribution in [2.45, 2.75) is 37.2 Å². The molecular formula is C27H27N5O2S. The van der Waals surface area contributed by atoms with E-state index in [4.69, 9.17) is 4.74 Å². The number of amides is 1. The lowest BCUT2D eigenvalue weighted by Gasteiger charge is -2.33. The number of carbonyl (C=O) groups is 1. The van der Waals surface area contributed by atoms with E-state index < -0.39 is 5.25 Å². The quantitative estimate of drug-likeness (QED) is 0.383. The fourth-order valence-corrected chi connectivity index (χ4v) is 5.36. The number of aromatic nitrogens is 3. The highest BCUT2D eigenvalue weighted by Crippen LogP contribution is 2.39. The van der Waals surface area contributed by atoms with Gasteiger partial charge < -0.3 is 15.5 Å². The lowest BCUT2D eigenvalue weighted by atomic mass is 10.0. The summed E-state index contributed by atoms with van der Waals surface area (Å²) >= 11 is 1.41. The van der Waals surface area contributed by atoms with Crippen molar-refractivity contribution in [3.8, 4) is 17.1 Å². The van der Waals surface area contributed by atoms with E-state index >= 15 is 0 Å². The standard InChI is InChI=1S/C27H27N5O2S/c1-4-34-22-12-10-19(11-13-22)23-24(26(33)28-21-15-17(2)14-18(3)16-21)35-27-30-29-25(32(27)31-23)20-8-6-5-7-9-20/h5-16,23-24,31H,4H2,1-3H3,(H,28,33)/t23-,24+/m0/s1. The van der Waals surface area contributed by atoms with Crippen molar-refractivity contribution in [1.82, 2.24) is 14.9 Å². The van der Waals surface area contributed by atoms with Gasteiger partial charge in [0.05, 0.1) is 12.6 Å². The molecule has 0 fully saturated rings. The van der Waals surface area contributed by atoms with Crippen LogP contribution in [0.1, 0.15) is 29.7 Å². The third-order valence-corrected chi connectivity index (χ3v) is 6.98. The van der Waals surface area contributed by atoms with E-state index in [-0.39, 0.29) is 11.9 Å². The van der Waals surface area contributed by atoms with Gasteiger partial charge in [-0.15, -0.1) is 10.2 Å². The number of hydrogen-bond acceptors (Lipinski definition) is 6. The van der Waals surface area contributed by atoms with Gasteiger partial charge >= 0.3 is 0 Å². The average molecular weight is 486 g/mol. The van der Waals surface area contributed by atoms with Gasteiger partial charge in [-0.3, -0.25) is 4.79 Å². The molecule has 3 aromatic carbocycles. The van der Waals surface area contributed by atoms with Crippen molar-refractivity contribution in [3.05, 3.63) is 89.5 Å². The smallest absolute Gasteiger partial charge is 0.240 e. The number of aryl methyl sites for hydroxylation is 2. The Labute approximate surface area is 208 Å². The van der Waals surface area contributed by atoms with Crippen molar-refractivity contribution in [2.24, 2.45) is 0 Å². The van der Waals surface area contributed by atoms with E-state index in [1.54, 1.807) is 0 Å². The molecule has 8 heteroatoms. The van der Waals surface area contributed by atoms with E-state index in [0.717, 1.165) is 33.7 Å². The van der Waals surface area contributed by atoms with E-state index in [9.17, 15) is 4.79 Å². The Kier molecular flexibility index (Phi) is 6.46. The van der Waals surface area contributed by atoms with Crippen molar-refractivity contribution >= 4 is 23.4 Å². The van der Waals surface area contributed by atoms with Gasteiger partial charge in [-0.2, -0.15) is 0 Å². The van der Waals surface area contributed by atoms with Gasteiger partial charge in [0.25, 0.3) is 0 Å². The largest absolute Gasteiger partial charge is 0.494 e. The van der Waals surface area contributed by atoms with Gasteiger partial charge in [-0.05, 0) is 61.7 Å². The summed E-state index contributed by atoms with van der Waals surface area (Å²) in [6.07, 6.45) is 0. The van der Waals surface area contributed by atoms with Gasteiger partial charge in [-0.1, -0.05) is 60.3 Å². The zero-order valence-corrected chi connectivity index (χ0v) is 20.7. The molecule has 0 saturated carbocycles. The number of nitrogens with zero attached hydrogens (tertiary/aromatic N) is 3. The molecule has 0 radical (unpaired) electrons. The first-order chi connectivity index (χ1) is 17.0. The lowest BCUT2D eigenvalue weighted by molar-refractivity contribution is -0.116. The first kappa shape index (κ1) is 23.0. The Morgan fingerprint density at radius 2 is 1.74 bits per heavy atom. The first-order valence-corrected chi connectivity index (χ1v) is 12.5. The summed E-state index contributed by atoms with van der Waals surface area (Å²) in [7, 11) is 0. The highest BCUT2D eigenvalue weighted by atomic mass is 32.2. The Morgan fingerprint density at radius 3 is 2.43 bits per heavy atom. The number of thioether (sulfide) groups is 1. The van der Waals surface area contributed by atoms with E-state index in [1.807, 2.05) is 92.2 Å². The van der Waals surface area contributed by atoms with Crippen LogP contribution in [0.4, 0.5) is 5.69 Å². The second kappa shape index (κ2) is 9.84. The van der Waals surface area contributed by atoms with Crippen LogP contribution in [0.15, 0.2) is 78.0 Å². The van der Waals surface area contributed by atoms with Gasteiger partial charge in [0, 0.05) is 11.3 Å². The molecule has 178 valence electrons. The molecule has 35 heavy (non-hydrogen) atoms. The zero-order chi connectivity index (χ0) is 24.4. The van der Waals surface area contributed by atoms with Crippen molar-refractivity contribution in [2.75, 3.05) is 17.3 Å². The van der Waals surface area contributed by atoms with Crippen LogP contribution in [0, 0.1) is 13.8 Å². The van der Waals surface area contributed by atoms with Crippen molar-refractivity contribution in [1.29, 1.82) is 0 Å². The van der Waals surface area contributed by atoms with Gasteiger partial charge in [0.1, 0.15) is 11.0 Å². The number of nitrogens with one attached hydrogen (secondary N) is 2. The van der Waals surface area contributed by atoms with Crippen LogP contribution in [0.5, 0.6) is 5.75 Å². The molecule has 2 heterocycles. The molecular weight excluding hydrogens is 458 g/mol. The molecule has 0 aliphatic carbocycles. The number of benzene rings is 3. The molecule has 7 nitrogen and oxygen atoms in total. The maximum absolute atomic E-state index is 13.6. The van der Waals surface area contributed by atoms with E-state index in [2.05, 4.69) is 27.0 Å². The predicted molar refractivity (Wildman–Crippen MR) is 139 cm³/mol. The molecule has 1 aromatic heterocycles. The first-order valence-electron chi connectivity index (χ1n) is 11.6. The average Bonchev–Trinajstić information content (AvgIpc) is 3.27. The highest BCUT2D eigenvalue weighted by molar-refractivity contribution is 8.00. The molecule has 0 unspecified atom stereocenters. The van der Waals surface area contributed by atoms with Crippen LogP contribution in [0.25, 0.3) is 11.4 Å². The van der Waals surface area contributed by atoms with Crippen LogP contribution >= 0.6 is 11.8 Å². The summed E-state index contributed by atoms with van der Waals surface area (Å²) in [5.41, 5.74) is 8.43. The number of rotatable bonds is 6. The van der Waals surface area contributed by atoms with Gasteiger partial charge in [0.15, 0.2) is 5.82 Å². The monoisotopic (exact) mass is 485 g/mol. The summed E-state index contributed by atoms with van der Waals surface area (Å²) in [4.78, 5) is 13.6.